The fourth-order valence-corrected chi connectivity index (χ4v) is 2.32. The molecule has 1 heterocycles. The van der Waals surface area contributed by atoms with Crippen LogP contribution in [0.15, 0.2) is 0 Å². The predicted molar refractivity (Wildman–Crippen MR) is 48.3 cm³/mol. The molecule has 10 heavy (non-hydrogen) atoms. The van der Waals surface area contributed by atoms with Crippen LogP contribution >= 0.6 is 11.8 Å². The molecule has 1 rings (SSSR count). The van der Waals surface area contributed by atoms with E-state index in [1.807, 2.05) is 11.8 Å². The summed E-state index contributed by atoms with van der Waals surface area (Å²) in [7, 11) is 0. The van der Waals surface area contributed by atoms with E-state index in [-0.39, 0.29) is 0 Å². The molecule has 0 spiro atoms. The quantitative estimate of drug-likeness (QED) is 0.628. The van der Waals surface area contributed by atoms with Gasteiger partial charge in [0.2, 0.25) is 0 Å². The molecule has 0 aromatic heterocycles. The van der Waals surface area contributed by atoms with Gasteiger partial charge in [-0.2, -0.15) is 0 Å². The lowest BCUT2D eigenvalue weighted by Gasteiger charge is -2.35. The molecule has 1 nitrogen and oxygen atoms in total. The molecule has 60 valence electrons. The first kappa shape index (κ1) is 8.41. The van der Waals surface area contributed by atoms with Gasteiger partial charge < -0.3 is 5.32 Å². The van der Waals surface area contributed by atoms with Crippen LogP contribution in [0, 0.1) is 5.41 Å². The largest absolute Gasteiger partial charge is 0.305 e. The zero-order chi connectivity index (χ0) is 7.61. The Morgan fingerprint density at radius 2 is 2.20 bits per heavy atom. The Morgan fingerprint density at radius 1 is 1.50 bits per heavy atom. The van der Waals surface area contributed by atoms with Crippen molar-refractivity contribution in [2.75, 3.05) is 12.8 Å². The van der Waals surface area contributed by atoms with Crippen LogP contribution in [0.5, 0.6) is 0 Å². The van der Waals surface area contributed by atoms with E-state index in [0.717, 1.165) is 0 Å². The van der Waals surface area contributed by atoms with E-state index in [2.05, 4.69) is 25.4 Å². The highest BCUT2D eigenvalue weighted by molar-refractivity contribution is 7.99. The van der Waals surface area contributed by atoms with Gasteiger partial charge in [-0.1, -0.05) is 13.8 Å². The molecule has 0 amide bonds. The van der Waals surface area contributed by atoms with Crippen molar-refractivity contribution >= 4 is 11.8 Å². The summed E-state index contributed by atoms with van der Waals surface area (Å²) in [4.78, 5) is 0. The summed E-state index contributed by atoms with van der Waals surface area (Å²) in [5.41, 5.74) is 0.568. The molecule has 0 radical (unpaired) electrons. The second-order valence-corrected chi connectivity index (χ2v) is 4.84. The maximum Gasteiger partial charge on any atom is 0.0534 e. The van der Waals surface area contributed by atoms with E-state index >= 15 is 0 Å². The van der Waals surface area contributed by atoms with Gasteiger partial charge >= 0.3 is 0 Å². The predicted octanol–water partition coefficient (Wildman–Crippen LogP) is 2.09. The monoisotopic (exact) mass is 159 g/mol. The molecule has 1 aliphatic rings. The Labute approximate surface area is 68.0 Å². The molecule has 1 unspecified atom stereocenters. The summed E-state index contributed by atoms with van der Waals surface area (Å²) in [5, 5.41) is 4.19. The summed E-state index contributed by atoms with van der Waals surface area (Å²) in [6.07, 6.45) is 4.82. The van der Waals surface area contributed by atoms with Crippen LogP contribution in [0.3, 0.4) is 0 Å². The van der Waals surface area contributed by atoms with E-state index in [9.17, 15) is 0 Å². The highest BCUT2D eigenvalue weighted by Gasteiger charge is 2.26. The molecule has 1 saturated heterocycles. The summed E-state index contributed by atoms with van der Waals surface area (Å²) >= 11 is 1.94. The maximum absolute atomic E-state index is 3.49. The smallest absolute Gasteiger partial charge is 0.0534 e. The zero-order valence-electron chi connectivity index (χ0n) is 7.11. The number of nitrogens with one attached hydrogen (secondary N) is 1. The van der Waals surface area contributed by atoms with Gasteiger partial charge in [-0.3, -0.25) is 0 Å². The maximum atomic E-state index is 3.49. The van der Waals surface area contributed by atoms with Gasteiger partial charge in [0, 0.05) is 0 Å². The summed E-state index contributed by atoms with van der Waals surface area (Å²) in [6, 6.07) is 0. The first-order chi connectivity index (χ1) is 4.64. The van der Waals surface area contributed by atoms with Gasteiger partial charge in [0.15, 0.2) is 0 Å². The summed E-state index contributed by atoms with van der Waals surface area (Å²) in [6.45, 7) is 5.91. The zero-order valence-corrected chi connectivity index (χ0v) is 7.92. The first-order valence-electron chi connectivity index (χ1n) is 3.90. The van der Waals surface area contributed by atoms with Crippen LogP contribution in [0.2, 0.25) is 0 Å². The fraction of sp³-hybridized carbons (Fsp3) is 1.00. The van der Waals surface area contributed by atoms with Gasteiger partial charge in [0.25, 0.3) is 0 Å². The Balaban J connectivity index is 2.40. The van der Waals surface area contributed by atoms with Crippen molar-refractivity contribution in [1.82, 2.24) is 5.32 Å². The van der Waals surface area contributed by atoms with Crippen molar-refractivity contribution in [2.24, 2.45) is 5.41 Å². The van der Waals surface area contributed by atoms with Crippen molar-refractivity contribution in [2.45, 2.75) is 32.1 Å². The standard InChI is InChI=1S/C8H17NS/c1-8(2)4-5-9-7(6-8)10-3/h7,9H,4-6H2,1-3H3. The van der Waals surface area contributed by atoms with E-state index in [0.29, 0.717) is 10.8 Å². The molecule has 1 fully saturated rings. The number of piperidine rings is 1. The highest BCUT2D eigenvalue weighted by Crippen LogP contribution is 2.32. The third-order valence-corrected chi connectivity index (χ3v) is 3.10. The van der Waals surface area contributed by atoms with Gasteiger partial charge in [-0.25, -0.2) is 0 Å². The minimum Gasteiger partial charge on any atom is -0.305 e. The van der Waals surface area contributed by atoms with Crippen LogP contribution in [-0.2, 0) is 0 Å². The average molecular weight is 159 g/mol. The summed E-state index contributed by atoms with van der Waals surface area (Å²) in [5.74, 6) is 0. The number of hydrogen-bond donors (Lipinski definition) is 1. The third-order valence-electron chi connectivity index (χ3n) is 2.20. The van der Waals surface area contributed by atoms with Crippen molar-refractivity contribution < 1.29 is 0 Å². The SMILES string of the molecule is CSC1CC(C)(C)CCN1. The van der Waals surface area contributed by atoms with Gasteiger partial charge in [0.05, 0.1) is 5.37 Å². The third kappa shape index (κ3) is 2.17. The minimum absolute atomic E-state index is 0.568. The van der Waals surface area contributed by atoms with Crippen LogP contribution in [0.25, 0.3) is 0 Å². The molecule has 2 heteroatoms. The molecule has 0 saturated carbocycles. The lowest BCUT2D eigenvalue weighted by molar-refractivity contribution is 0.246. The van der Waals surface area contributed by atoms with Gasteiger partial charge in [-0.15, -0.1) is 11.8 Å². The van der Waals surface area contributed by atoms with E-state index in [1.165, 1.54) is 19.4 Å². The molecule has 0 bridgehead atoms. The number of rotatable bonds is 1. The van der Waals surface area contributed by atoms with E-state index < -0.39 is 0 Å². The lowest BCUT2D eigenvalue weighted by Crippen LogP contribution is -2.39. The van der Waals surface area contributed by atoms with Crippen LogP contribution in [0.4, 0.5) is 0 Å². The highest BCUT2D eigenvalue weighted by atomic mass is 32.2. The van der Waals surface area contributed by atoms with Crippen molar-refractivity contribution in [3.63, 3.8) is 0 Å². The Kier molecular flexibility index (Phi) is 2.64. The number of thioether (sulfide) groups is 1. The molecule has 1 N–H and O–H groups in total. The van der Waals surface area contributed by atoms with Crippen LogP contribution in [-0.4, -0.2) is 18.2 Å². The molecule has 0 aromatic rings. The number of hydrogen-bond acceptors (Lipinski definition) is 2. The second-order valence-electron chi connectivity index (χ2n) is 3.80. The minimum atomic E-state index is 0.568. The Hall–Kier alpha value is 0.310. The molecule has 1 aliphatic heterocycles. The summed E-state index contributed by atoms with van der Waals surface area (Å²) < 4.78 is 0. The first-order valence-corrected chi connectivity index (χ1v) is 5.19. The fourth-order valence-electron chi connectivity index (χ4n) is 1.41. The molecule has 0 aromatic carbocycles. The topological polar surface area (TPSA) is 12.0 Å². The molecular formula is C8H17NS. The lowest BCUT2D eigenvalue weighted by atomic mass is 9.83. The Bertz CT molecular complexity index is 112. The van der Waals surface area contributed by atoms with Gasteiger partial charge in [-0.05, 0) is 31.1 Å². The molecule has 0 aliphatic carbocycles. The normalized spacial score (nSPS) is 32.1. The van der Waals surface area contributed by atoms with Gasteiger partial charge in [0.1, 0.15) is 0 Å². The van der Waals surface area contributed by atoms with Crippen molar-refractivity contribution in [3.05, 3.63) is 0 Å². The van der Waals surface area contributed by atoms with Crippen LogP contribution < -0.4 is 5.32 Å². The average Bonchev–Trinajstić information content (AvgIpc) is 1.86. The molecular weight excluding hydrogens is 142 g/mol. The van der Waals surface area contributed by atoms with Crippen molar-refractivity contribution in [1.29, 1.82) is 0 Å². The second kappa shape index (κ2) is 3.14. The molecule has 1 atom stereocenters. The van der Waals surface area contributed by atoms with Crippen molar-refractivity contribution in [3.8, 4) is 0 Å². The van der Waals surface area contributed by atoms with E-state index in [4.69, 9.17) is 0 Å². The van der Waals surface area contributed by atoms with Crippen LogP contribution in [0.1, 0.15) is 26.7 Å². The Morgan fingerprint density at radius 3 is 2.60 bits per heavy atom. The van der Waals surface area contributed by atoms with E-state index in [1.54, 1.807) is 0 Å².